The van der Waals surface area contributed by atoms with E-state index >= 15 is 0 Å². The molecule has 2 heteroatoms. The van der Waals surface area contributed by atoms with Gasteiger partial charge in [-0.1, -0.05) is 23.8 Å². The lowest BCUT2D eigenvalue weighted by Gasteiger charge is -2.26. The minimum atomic E-state index is 0.908. The van der Waals surface area contributed by atoms with E-state index in [4.69, 9.17) is 4.74 Å². The second-order valence-electron chi connectivity index (χ2n) is 3.92. The Labute approximate surface area is 93.6 Å². The van der Waals surface area contributed by atoms with Crippen LogP contribution in [-0.4, -0.2) is 37.7 Å². The SMILES string of the molecule is C/C=C\C(=C/C)CCCN1CCOCC1. The Bertz CT molecular complexity index is 215. The van der Waals surface area contributed by atoms with Gasteiger partial charge in [0.25, 0.3) is 0 Å². The molecule has 1 heterocycles. The summed E-state index contributed by atoms with van der Waals surface area (Å²) < 4.78 is 5.32. The average Bonchev–Trinajstić information content (AvgIpc) is 2.29. The van der Waals surface area contributed by atoms with Crippen molar-refractivity contribution in [3.05, 3.63) is 23.8 Å². The minimum absolute atomic E-state index is 0.908. The highest BCUT2D eigenvalue weighted by Crippen LogP contribution is 2.08. The maximum Gasteiger partial charge on any atom is 0.0594 e. The number of nitrogens with zero attached hydrogens (tertiary/aromatic N) is 1. The van der Waals surface area contributed by atoms with Gasteiger partial charge in [0, 0.05) is 13.1 Å². The number of rotatable bonds is 5. The maximum absolute atomic E-state index is 5.32. The van der Waals surface area contributed by atoms with E-state index in [0.717, 1.165) is 26.3 Å². The van der Waals surface area contributed by atoms with Crippen molar-refractivity contribution in [3.8, 4) is 0 Å². The Kier molecular flexibility index (Phi) is 6.37. The lowest BCUT2D eigenvalue weighted by atomic mass is 10.1. The van der Waals surface area contributed by atoms with Gasteiger partial charge in [0.2, 0.25) is 0 Å². The maximum atomic E-state index is 5.32. The van der Waals surface area contributed by atoms with Crippen molar-refractivity contribution in [2.75, 3.05) is 32.8 Å². The van der Waals surface area contributed by atoms with Gasteiger partial charge < -0.3 is 4.74 Å². The zero-order valence-electron chi connectivity index (χ0n) is 10.0. The van der Waals surface area contributed by atoms with Crippen LogP contribution in [0.5, 0.6) is 0 Å². The van der Waals surface area contributed by atoms with Crippen molar-refractivity contribution in [2.24, 2.45) is 0 Å². The first-order valence-electron chi connectivity index (χ1n) is 5.94. The highest BCUT2D eigenvalue weighted by molar-refractivity contribution is 5.16. The molecule has 0 amide bonds. The van der Waals surface area contributed by atoms with Gasteiger partial charge in [0.1, 0.15) is 0 Å². The molecule has 86 valence electrons. The Morgan fingerprint density at radius 1 is 1.27 bits per heavy atom. The smallest absolute Gasteiger partial charge is 0.0594 e. The number of hydrogen-bond donors (Lipinski definition) is 0. The highest BCUT2D eigenvalue weighted by Gasteiger charge is 2.08. The van der Waals surface area contributed by atoms with E-state index in [1.54, 1.807) is 0 Å². The van der Waals surface area contributed by atoms with Crippen LogP contribution in [0.25, 0.3) is 0 Å². The number of allylic oxidation sites excluding steroid dienone is 4. The Hall–Kier alpha value is -0.600. The first kappa shape index (κ1) is 12.5. The van der Waals surface area contributed by atoms with E-state index in [9.17, 15) is 0 Å². The van der Waals surface area contributed by atoms with Crippen LogP contribution >= 0.6 is 0 Å². The largest absolute Gasteiger partial charge is 0.379 e. The van der Waals surface area contributed by atoms with Gasteiger partial charge in [-0.05, 0) is 33.2 Å². The zero-order chi connectivity index (χ0) is 10.9. The first-order valence-corrected chi connectivity index (χ1v) is 5.94. The predicted octanol–water partition coefficient (Wildman–Crippen LogP) is 2.62. The lowest BCUT2D eigenvalue weighted by molar-refractivity contribution is 0.0375. The Morgan fingerprint density at radius 3 is 2.60 bits per heavy atom. The first-order chi connectivity index (χ1) is 7.36. The van der Waals surface area contributed by atoms with E-state index in [0.29, 0.717) is 0 Å². The highest BCUT2D eigenvalue weighted by atomic mass is 16.5. The van der Waals surface area contributed by atoms with Gasteiger partial charge in [0.15, 0.2) is 0 Å². The van der Waals surface area contributed by atoms with Crippen molar-refractivity contribution in [2.45, 2.75) is 26.7 Å². The summed E-state index contributed by atoms with van der Waals surface area (Å²) in [6, 6.07) is 0. The van der Waals surface area contributed by atoms with Crippen molar-refractivity contribution < 1.29 is 4.74 Å². The third-order valence-electron chi connectivity index (χ3n) is 2.80. The summed E-state index contributed by atoms with van der Waals surface area (Å²) in [4.78, 5) is 2.49. The molecule has 0 aliphatic carbocycles. The Balaban J connectivity index is 2.14. The number of morpholine rings is 1. The summed E-state index contributed by atoms with van der Waals surface area (Å²) in [5, 5.41) is 0. The molecule has 1 aliphatic heterocycles. The van der Waals surface area contributed by atoms with E-state index in [1.807, 2.05) is 0 Å². The zero-order valence-corrected chi connectivity index (χ0v) is 10.0. The molecular weight excluding hydrogens is 186 g/mol. The van der Waals surface area contributed by atoms with Crippen LogP contribution in [0.15, 0.2) is 23.8 Å². The molecule has 0 unspecified atom stereocenters. The Morgan fingerprint density at radius 2 is 2.00 bits per heavy atom. The molecule has 0 aromatic heterocycles. The lowest BCUT2D eigenvalue weighted by Crippen LogP contribution is -2.36. The van der Waals surface area contributed by atoms with Gasteiger partial charge in [-0.2, -0.15) is 0 Å². The van der Waals surface area contributed by atoms with Gasteiger partial charge in [-0.3, -0.25) is 4.90 Å². The van der Waals surface area contributed by atoms with E-state index in [-0.39, 0.29) is 0 Å². The van der Waals surface area contributed by atoms with Crippen molar-refractivity contribution in [1.82, 2.24) is 4.90 Å². The summed E-state index contributed by atoms with van der Waals surface area (Å²) in [5.74, 6) is 0. The standard InChI is InChI=1S/C13H23NO/c1-3-6-13(4-2)7-5-8-14-9-11-15-12-10-14/h3-4,6H,5,7-12H2,1-2H3/b6-3-,13-4+. The van der Waals surface area contributed by atoms with Crippen LogP contribution in [0.1, 0.15) is 26.7 Å². The molecule has 0 saturated carbocycles. The molecule has 0 spiro atoms. The minimum Gasteiger partial charge on any atom is -0.379 e. The van der Waals surface area contributed by atoms with Gasteiger partial charge in [-0.15, -0.1) is 0 Å². The molecule has 1 rings (SSSR count). The van der Waals surface area contributed by atoms with Crippen LogP contribution < -0.4 is 0 Å². The topological polar surface area (TPSA) is 12.5 Å². The molecule has 0 aromatic rings. The summed E-state index contributed by atoms with van der Waals surface area (Å²) in [7, 11) is 0. The van der Waals surface area contributed by atoms with Gasteiger partial charge >= 0.3 is 0 Å². The van der Waals surface area contributed by atoms with E-state index in [1.165, 1.54) is 25.0 Å². The molecule has 0 N–H and O–H groups in total. The van der Waals surface area contributed by atoms with Crippen LogP contribution in [-0.2, 0) is 4.74 Å². The summed E-state index contributed by atoms with van der Waals surface area (Å²) in [6.07, 6.45) is 8.98. The third kappa shape index (κ3) is 5.14. The fourth-order valence-corrected chi connectivity index (χ4v) is 1.87. The second kappa shape index (κ2) is 7.66. The predicted molar refractivity (Wildman–Crippen MR) is 65.1 cm³/mol. The van der Waals surface area contributed by atoms with Crippen molar-refractivity contribution in [1.29, 1.82) is 0 Å². The van der Waals surface area contributed by atoms with Crippen LogP contribution in [0, 0.1) is 0 Å². The van der Waals surface area contributed by atoms with E-state index in [2.05, 4.69) is 37.0 Å². The molecule has 0 bridgehead atoms. The van der Waals surface area contributed by atoms with E-state index < -0.39 is 0 Å². The van der Waals surface area contributed by atoms with Crippen molar-refractivity contribution in [3.63, 3.8) is 0 Å². The fraction of sp³-hybridized carbons (Fsp3) is 0.692. The summed E-state index contributed by atoms with van der Waals surface area (Å²) >= 11 is 0. The summed E-state index contributed by atoms with van der Waals surface area (Å²) in [5.41, 5.74) is 1.45. The molecule has 0 atom stereocenters. The van der Waals surface area contributed by atoms with Crippen LogP contribution in [0.3, 0.4) is 0 Å². The molecule has 0 radical (unpaired) electrons. The van der Waals surface area contributed by atoms with Crippen LogP contribution in [0.4, 0.5) is 0 Å². The fourth-order valence-electron chi connectivity index (χ4n) is 1.87. The number of ether oxygens (including phenoxy) is 1. The molecule has 15 heavy (non-hydrogen) atoms. The molecule has 1 aliphatic rings. The van der Waals surface area contributed by atoms with Crippen molar-refractivity contribution >= 4 is 0 Å². The normalized spacial score (nSPS) is 20.0. The monoisotopic (exact) mass is 209 g/mol. The average molecular weight is 209 g/mol. The van der Waals surface area contributed by atoms with Crippen LogP contribution in [0.2, 0.25) is 0 Å². The van der Waals surface area contributed by atoms with Gasteiger partial charge in [-0.25, -0.2) is 0 Å². The number of hydrogen-bond acceptors (Lipinski definition) is 2. The summed E-state index contributed by atoms with van der Waals surface area (Å²) in [6.45, 7) is 9.42. The van der Waals surface area contributed by atoms with Gasteiger partial charge in [0.05, 0.1) is 13.2 Å². The molecule has 0 aromatic carbocycles. The quantitative estimate of drug-likeness (QED) is 0.645. The third-order valence-corrected chi connectivity index (χ3v) is 2.80. The molecule has 2 nitrogen and oxygen atoms in total. The molecule has 1 saturated heterocycles. The second-order valence-corrected chi connectivity index (χ2v) is 3.92. The molecular formula is C13H23NO. The molecule has 1 fully saturated rings.